The topological polar surface area (TPSA) is 21.1 Å². The molecule has 4 rings (SSSR count). The molecule has 0 spiro atoms. The molecule has 24 heavy (non-hydrogen) atoms. The maximum absolute atomic E-state index is 13.4. The van der Waals surface area contributed by atoms with Gasteiger partial charge in [-0.3, -0.25) is 9.88 Å². The molecular weight excluding hydrogens is 301 g/mol. The van der Waals surface area contributed by atoms with Crippen LogP contribution >= 0.6 is 0 Å². The fraction of sp³-hybridized carbons (Fsp3) is 0.250. The number of fused-ring (bicyclic) bond motifs is 1. The Balaban J connectivity index is 1.74. The van der Waals surface area contributed by atoms with Crippen LogP contribution in [0.4, 0.5) is 4.39 Å². The molecule has 3 aromatic rings. The normalized spacial score (nSPS) is 18.1. The first-order valence-electron chi connectivity index (χ1n) is 8.35. The molecule has 3 nitrogen and oxygen atoms in total. The van der Waals surface area contributed by atoms with E-state index >= 15 is 0 Å². The molecular formula is C20H20FN3. The molecule has 0 fully saturated rings. The molecule has 3 heterocycles. The Morgan fingerprint density at radius 2 is 1.92 bits per heavy atom. The fourth-order valence-electron chi connectivity index (χ4n) is 3.56. The lowest BCUT2D eigenvalue weighted by molar-refractivity contribution is 0.220. The van der Waals surface area contributed by atoms with Crippen molar-refractivity contribution in [2.24, 2.45) is 0 Å². The predicted octanol–water partition coefficient (Wildman–Crippen LogP) is 4.02. The van der Waals surface area contributed by atoms with Gasteiger partial charge in [0.25, 0.3) is 0 Å². The Labute approximate surface area is 141 Å². The summed E-state index contributed by atoms with van der Waals surface area (Å²) in [5.74, 6) is -0.193. The van der Waals surface area contributed by atoms with Crippen LogP contribution in [0.3, 0.4) is 0 Å². The van der Waals surface area contributed by atoms with Crippen molar-refractivity contribution in [2.45, 2.75) is 25.6 Å². The highest BCUT2D eigenvalue weighted by Crippen LogP contribution is 2.33. The number of hydrogen-bond donors (Lipinski definition) is 0. The second-order valence-corrected chi connectivity index (χ2v) is 6.27. The molecule has 1 unspecified atom stereocenters. The Hall–Kier alpha value is -2.46. The third kappa shape index (κ3) is 2.97. The van der Waals surface area contributed by atoms with Crippen molar-refractivity contribution in [1.29, 1.82) is 0 Å². The minimum atomic E-state index is -0.193. The van der Waals surface area contributed by atoms with Crippen molar-refractivity contribution in [3.05, 3.63) is 89.8 Å². The van der Waals surface area contributed by atoms with E-state index in [9.17, 15) is 4.39 Å². The summed E-state index contributed by atoms with van der Waals surface area (Å²) >= 11 is 0. The highest BCUT2D eigenvalue weighted by Gasteiger charge is 2.27. The number of aromatic nitrogens is 2. The number of nitrogens with zero attached hydrogens (tertiary/aromatic N) is 3. The van der Waals surface area contributed by atoms with Gasteiger partial charge in [-0.1, -0.05) is 18.2 Å². The molecule has 2 aromatic heterocycles. The lowest BCUT2D eigenvalue weighted by Crippen LogP contribution is -2.29. The zero-order valence-electron chi connectivity index (χ0n) is 13.5. The van der Waals surface area contributed by atoms with Gasteiger partial charge in [0.05, 0.1) is 6.04 Å². The second-order valence-electron chi connectivity index (χ2n) is 6.27. The van der Waals surface area contributed by atoms with Gasteiger partial charge in [0.2, 0.25) is 0 Å². The van der Waals surface area contributed by atoms with Crippen molar-refractivity contribution >= 4 is 0 Å². The van der Waals surface area contributed by atoms with E-state index in [1.165, 1.54) is 11.3 Å². The predicted molar refractivity (Wildman–Crippen MR) is 91.9 cm³/mol. The van der Waals surface area contributed by atoms with Gasteiger partial charge >= 0.3 is 0 Å². The number of hydrogen-bond acceptors (Lipinski definition) is 2. The molecule has 1 aliphatic heterocycles. The SMILES string of the molecule is Fc1ccc(C2c3cccn3CCCN2Cc2cccnc2)cc1. The van der Waals surface area contributed by atoms with E-state index < -0.39 is 0 Å². The van der Waals surface area contributed by atoms with Gasteiger partial charge in [-0.2, -0.15) is 0 Å². The first-order chi connectivity index (χ1) is 11.8. The average molecular weight is 321 g/mol. The first kappa shape index (κ1) is 15.1. The van der Waals surface area contributed by atoms with Gasteiger partial charge in [0.1, 0.15) is 5.82 Å². The van der Waals surface area contributed by atoms with Crippen molar-refractivity contribution in [3.8, 4) is 0 Å². The largest absolute Gasteiger partial charge is 0.350 e. The lowest BCUT2D eigenvalue weighted by Gasteiger charge is -2.30. The van der Waals surface area contributed by atoms with Crippen LogP contribution in [0.2, 0.25) is 0 Å². The highest BCUT2D eigenvalue weighted by molar-refractivity contribution is 5.30. The van der Waals surface area contributed by atoms with Crippen LogP contribution in [0.25, 0.3) is 0 Å². The molecule has 0 saturated heterocycles. The smallest absolute Gasteiger partial charge is 0.123 e. The summed E-state index contributed by atoms with van der Waals surface area (Å²) in [4.78, 5) is 6.70. The summed E-state index contributed by atoms with van der Waals surface area (Å²) < 4.78 is 15.7. The highest BCUT2D eigenvalue weighted by atomic mass is 19.1. The fourth-order valence-corrected chi connectivity index (χ4v) is 3.56. The van der Waals surface area contributed by atoms with Crippen LogP contribution in [0.5, 0.6) is 0 Å². The maximum atomic E-state index is 13.4. The van der Waals surface area contributed by atoms with Crippen LogP contribution in [-0.2, 0) is 13.1 Å². The Kier molecular flexibility index (Phi) is 4.13. The van der Waals surface area contributed by atoms with E-state index in [0.717, 1.165) is 31.6 Å². The molecule has 1 aliphatic rings. The average Bonchev–Trinajstić information content (AvgIpc) is 2.99. The Morgan fingerprint density at radius 1 is 1.04 bits per heavy atom. The molecule has 0 radical (unpaired) electrons. The Bertz CT molecular complexity index is 795. The minimum absolute atomic E-state index is 0.128. The molecule has 0 aliphatic carbocycles. The van der Waals surface area contributed by atoms with Gasteiger partial charge in [-0.25, -0.2) is 4.39 Å². The molecule has 0 amide bonds. The summed E-state index contributed by atoms with van der Waals surface area (Å²) in [6.45, 7) is 2.85. The second kappa shape index (κ2) is 6.57. The van der Waals surface area contributed by atoms with E-state index in [4.69, 9.17) is 0 Å². The van der Waals surface area contributed by atoms with E-state index in [1.54, 1.807) is 18.3 Å². The summed E-state index contributed by atoms with van der Waals surface area (Å²) in [6.07, 6.45) is 6.96. The molecule has 0 saturated carbocycles. The van der Waals surface area contributed by atoms with E-state index in [-0.39, 0.29) is 11.9 Å². The van der Waals surface area contributed by atoms with Gasteiger partial charge < -0.3 is 4.57 Å². The van der Waals surface area contributed by atoms with Gasteiger partial charge in [-0.15, -0.1) is 0 Å². The van der Waals surface area contributed by atoms with Crippen LogP contribution in [0.15, 0.2) is 67.1 Å². The summed E-state index contributed by atoms with van der Waals surface area (Å²) in [5, 5.41) is 0. The van der Waals surface area contributed by atoms with Crippen LogP contribution in [0.1, 0.15) is 29.3 Å². The molecule has 4 heteroatoms. The van der Waals surface area contributed by atoms with E-state index in [2.05, 4.69) is 38.8 Å². The number of rotatable bonds is 3. The standard InChI is InChI=1S/C20H20FN3/c21-18-8-6-17(7-9-18)20-19-5-2-11-23(19)12-3-13-24(20)15-16-4-1-10-22-14-16/h1-2,4-11,14,20H,3,12-13,15H2. The number of aryl methyl sites for hydroxylation is 1. The quantitative estimate of drug-likeness (QED) is 0.726. The lowest BCUT2D eigenvalue weighted by atomic mass is 10.0. The Morgan fingerprint density at radius 3 is 2.71 bits per heavy atom. The number of pyridine rings is 1. The zero-order chi connectivity index (χ0) is 16.4. The van der Waals surface area contributed by atoms with Crippen LogP contribution in [0, 0.1) is 5.82 Å². The summed E-state index contributed by atoms with van der Waals surface area (Å²) in [5.41, 5.74) is 3.59. The summed E-state index contributed by atoms with van der Waals surface area (Å²) in [7, 11) is 0. The van der Waals surface area contributed by atoms with Crippen LogP contribution < -0.4 is 0 Å². The maximum Gasteiger partial charge on any atom is 0.123 e. The van der Waals surface area contributed by atoms with Crippen LogP contribution in [-0.4, -0.2) is 21.0 Å². The molecule has 122 valence electrons. The monoisotopic (exact) mass is 321 g/mol. The van der Waals surface area contributed by atoms with Crippen molar-refractivity contribution in [3.63, 3.8) is 0 Å². The third-order valence-electron chi connectivity index (χ3n) is 4.65. The van der Waals surface area contributed by atoms with Crippen molar-refractivity contribution < 1.29 is 4.39 Å². The number of halogens is 1. The molecule has 1 atom stereocenters. The molecule has 0 N–H and O–H groups in total. The molecule has 0 bridgehead atoms. The summed E-state index contributed by atoms with van der Waals surface area (Å²) in [6, 6.07) is 15.4. The van der Waals surface area contributed by atoms with Gasteiger partial charge in [0.15, 0.2) is 0 Å². The number of benzene rings is 1. The molecule has 1 aromatic carbocycles. The van der Waals surface area contributed by atoms with Gasteiger partial charge in [-0.05, 0) is 47.9 Å². The zero-order valence-corrected chi connectivity index (χ0v) is 13.5. The van der Waals surface area contributed by atoms with Crippen molar-refractivity contribution in [2.75, 3.05) is 6.54 Å². The third-order valence-corrected chi connectivity index (χ3v) is 4.65. The van der Waals surface area contributed by atoms with E-state index in [1.807, 2.05) is 24.4 Å². The first-order valence-corrected chi connectivity index (χ1v) is 8.35. The van der Waals surface area contributed by atoms with Crippen molar-refractivity contribution in [1.82, 2.24) is 14.5 Å². The van der Waals surface area contributed by atoms with E-state index in [0.29, 0.717) is 0 Å². The van der Waals surface area contributed by atoms with Gasteiger partial charge in [0, 0.05) is 43.9 Å². The minimum Gasteiger partial charge on any atom is -0.350 e.